The van der Waals surface area contributed by atoms with Gasteiger partial charge in [-0.05, 0) is 39.4 Å². The lowest BCUT2D eigenvalue weighted by Crippen LogP contribution is -2.34. The Kier molecular flexibility index (Phi) is 3.44. The molecule has 1 N–H and O–H groups in total. The first-order chi connectivity index (χ1) is 7.25. The molecular formula is C12H20N2O. The number of rotatable bonds is 4. The molecule has 2 heterocycles. The molecule has 0 aliphatic carbocycles. The molecule has 1 atom stereocenters. The van der Waals surface area contributed by atoms with Crippen molar-refractivity contribution >= 4 is 0 Å². The van der Waals surface area contributed by atoms with Crippen LogP contribution in [0.2, 0.25) is 0 Å². The summed E-state index contributed by atoms with van der Waals surface area (Å²) < 4.78 is 5.29. The molecule has 0 radical (unpaired) electrons. The van der Waals surface area contributed by atoms with Crippen LogP contribution >= 0.6 is 0 Å². The van der Waals surface area contributed by atoms with Gasteiger partial charge in [0.05, 0.1) is 6.26 Å². The van der Waals surface area contributed by atoms with Crippen LogP contribution in [0.15, 0.2) is 16.7 Å². The molecule has 1 unspecified atom stereocenters. The molecule has 84 valence electrons. The van der Waals surface area contributed by atoms with E-state index in [9.17, 15) is 0 Å². The van der Waals surface area contributed by atoms with Gasteiger partial charge < -0.3 is 14.6 Å². The summed E-state index contributed by atoms with van der Waals surface area (Å²) in [5, 5.41) is 3.52. The van der Waals surface area contributed by atoms with E-state index in [1.807, 2.05) is 6.92 Å². The van der Waals surface area contributed by atoms with Gasteiger partial charge >= 0.3 is 0 Å². The number of nitrogens with zero attached hydrogens (tertiary/aromatic N) is 1. The second-order valence-electron chi connectivity index (χ2n) is 4.49. The Bertz CT molecular complexity index is 302. The van der Waals surface area contributed by atoms with Gasteiger partial charge in [0, 0.05) is 24.7 Å². The van der Waals surface area contributed by atoms with Gasteiger partial charge in [-0.1, -0.05) is 0 Å². The molecule has 0 saturated carbocycles. The molecule has 2 rings (SSSR count). The van der Waals surface area contributed by atoms with Gasteiger partial charge in [-0.3, -0.25) is 0 Å². The molecule has 1 fully saturated rings. The van der Waals surface area contributed by atoms with Gasteiger partial charge in [-0.15, -0.1) is 0 Å². The van der Waals surface area contributed by atoms with Gasteiger partial charge in [0.25, 0.3) is 0 Å². The minimum Gasteiger partial charge on any atom is -0.469 e. The van der Waals surface area contributed by atoms with Crippen molar-refractivity contribution in [2.75, 3.05) is 20.1 Å². The lowest BCUT2D eigenvalue weighted by atomic mass is 10.2. The fourth-order valence-electron chi connectivity index (χ4n) is 2.22. The smallest absolute Gasteiger partial charge is 0.105 e. The predicted octanol–water partition coefficient (Wildman–Crippen LogP) is 1.77. The Hall–Kier alpha value is -0.800. The van der Waals surface area contributed by atoms with Gasteiger partial charge in [0.1, 0.15) is 5.76 Å². The Morgan fingerprint density at radius 2 is 2.47 bits per heavy atom. The van der Waals surface area contributed by atoms with E-state index < -0.39 is 0 Å². The quantitative estimate of drug-likeness (QED) is 0.817. The number of hydrogen-bond donors (Lipinski definition) is 1. The van der Waals surface area contributed by atoms with E-state index in [0.717, 1.165) is 18.8 Å². The van der Waals surface area contributed by atoms with Crippen molar-refractivity contribution < 1.29 is 4.42 Å². The number of hydrogen-bond acceptors (Lipinski definition) is 3. The fraction of sp³-hybridized carbons (Fsp3) is 0.667. The van der Waals surface area contributed by atoms with Gasteiger partial charge in [0.2, 0.25) is 0 Å². The minimum absolute atomic E-state index is 0.683. The summed E-state index contributed by atoms with van der Waals surface area (Å²) in [6.45, 7) is 5.32. The molecule has 0 aromatic carbocycles. The van der Waals surface area contributed by atoms with E-state index in [0.29, 0.717) is 6.04 Å². The molecule has 3 heteroatoms. The van der Waals surface area contributed by atoms with Crippen LogP contribution in [0.3, 0.4) is 0 Å². The molecule has 1 saturated heterocycles. The number of nitrogens with one attached hydrogen (secondary N) is 1. The maximum absolute atomic E-state index is 5.29. The molecule has 1 aromatic rings. The second-order valence-corrected chi connectivity index (χ2v) is 4.49. The van der Waals surface area contributed by atoms with Crippen LogP contribution in [0.4, 0.5) is 0 Å². The average Bonchev–Trinajstić information content (AvgIpc) is 2.79. The largest absolute Gasteiger partial charge is 0.469 e. The van der Waals surface area contributed by atoms with Crippen molar-refractivity contribution in [1.29, 1.82) is 0 Å². The fourth-order valence-corrected chi connectivity index (χ4v) is 2.22. The normalized spacial score (nSPS) is 21.4. The van der Waals surface area contributed by atoms with E-state index in [-0.39, 0.29) is 0 Å². The van der Waals surface area contributed by atoms with Gasteiger partial charge in [-0.25, -0.2) is 0 Å². The Morgan fingerprint density at radius 1 is 1.60 bits per heavy atom. The van der Waals surface area contributed by atoms with E-state index >= 15 is 0 Å². The van der Waals surface area contributed by atoms with Crippen LogP contribution in [0.25, 0.3) is 0 Å². The lowest BCUT2D eigenvalue weighted by Gasteiger charge is -2.20. The second kappa shape index (κ2) is 4.81. The van der Waals surface area contributed by atoms with Crippen molar-refractivity contribution in [3.63, 3.8) is 0 Å². The summed E-state index contributed by atoms with van der Waals surface area (Å²) in [6.07, 6.45) is 4.41. The lowest BCUT2D eigenvalue weighted by molar-refractivity contribution is 0.291. The third-order valence-corrected chi connectivity index (χ3v) is 3.10. The van der Waals surface area contributed by atoms with E-state index in [2.05, 4.69) is 23.3 Å². The van der Waals surface area contributed by atoms with E-state index in [1.165, 1.54) is 24.9 Å². The van der Waals surface area contributed by atoms with Crippen LogP contribution in [-0.2, 0) is 6.54 Å². The third kappa shape index (κ3) is 2.83. The van der Waals surface area contributed by atoms with Crippen LogP contribution < -0.4 is 5.32 Å². The molecule has 0 spiro atoms. The van der Waals surface area contributed by atoms with Gasteiger partial charge in [0.15, 0.2) is 0 Å². The zero-order valence-electron chi connectivity index (χ0n) is 9.62. The zero-order valence-corrected chi connectivity index (χ0v) is 9.62. The Balaban J connectivity index is 1.81. The summed E-state index contributed by atoms with van der Waals surface area (Å²) in [4.78, 5) is 2.36. The first kappa shape index (κ1) is 10.7. The number of aryl methyl sites for hydroxylation is 1. The number of likely N-dealkylation sites (N-methyl/N-ethyl adjacent to an activating group) is 1. The average molecular weight is 208 g/mol. The molecular weight excluding hydrogens is 188 g/mol. The van der Waals surface area contributed by atoms with Crippen molar-refractivity contribution in [3.05, 3.63) is 23.7 Å². The Labute approximate surface area is 91.4 Å². The molecule has 3 nitrogen and oxygen atoms in total. The number of furan rings is 1. The summed E-state index contributed by atoms with van der Waals surface area (Å²) in [7, 11) is 2.17. The summed E-state index contributed by atoms with van der Waals surface area (Å²) >= 11 is 0. The molecule has 0 amide bonds. The summed E-state index contributed by atoms with van der Waals surface area (Å²) in [6, 6.07) is 2.75. The van der Waals surface area contributed by atoms with Crippen LogP contribution in [-0.4, -0.2) is 31.1 Å². The van der Waals surface area contributed by atoms with Crippen LogP contribution in [0.5, 0.6) is 0 Å². The predicted molar refractivity (Wildman–Crippen MR) is 60.8 cm³/mol. The SMILES string of the molecule is Cc1occc1CN(C)CC1CCCN1. The van der Waals surface area contributed by atoms with Crippen molar-refractivity contribution in [1.82, 2.24) is 10.2 Å². The highest BCUT2D eigenvalue weighted by Crippen LogP contribution is 2.12. The maximum Gasteiger partial charge on any atom is 0.105 e. The topological polar surface area (TPSA) is 28.4 Å². The van der Waals surface area contributed by atoms with Crippen molar-refractivity contribution in [2.45, 2.75) is 32.4 Å². The first-order valence-corrected chi connectivity index (χ1v) is 5.70. The monoisotopic (exact) mass is 208 g/mol. The van der Waals surface area contributed by atoms with Crippen LogP contribution in [0.1, 0.15) is 24.2 Å². The molecule has 1 aliphatic heterocycles. The van der Waals surface area contributed by atoms with Crippen molar-refractivity contribution in [3.8, 4) is 0 Å². The molecule has 15 heavy (non-hydrogen) atoms. The van der Waals surface area contributed by atoms with Crippen LogP contribution in [0, 0.1) is 6.92 Å². The summed E-state index contributed by atoms with van der Waals surface area (Å²) in [5.41, 5.74) is 1.30. The minimum atomic E-state index is 0.683. The highest BCUT2D eigenvalue weighted by molar-refractivity contribution is 5.15. The van der Waals surface area contributed by atoms with E-state index in [1.54, 1.807) is 6.26 Å². The maximum atomic E-state index is 5.29. The molecule has 1 aromatic heterocycles. The Morgan fingerprint density at radius 3 is 3.07 bits per heavy atom. The molecule has 1 aliphatic rings. The third-order valence-electron chi connectivity index (χ3n) is 3.10. The first-order valence-electron chi connectivity index (χ1n) is 5.70. The standard InChI is InChI=1S/C12H20N2O/c1-10-11(5-7-15-10)8-14(2)9-12-4-3-6-13-12/h5,7,12-13H,3-4,6,8-9H2,1-2H3. The van der Waals surface area contributed by atoms with E-state index in [4.69, 9.17) is 4.42 Å². The molecule has 0 bridgehead atoms. The zero-order chi connectivity index (χ0) is 10.7. The van der Waals surface area contributed by atoms with Gasteiger partial charge in [-0.2, -0.15) is 0 Å². The highest BCUT2D eigenvalue weighted by atomic mass is 16.3. The summed E-state index contributed by atoms with van der Waals surface area (Å²) in [5.74, 6) is 1.04. The van der Waals surface area contributed by atoms with Crippen molar-refractivity contribution in [2.24, 2.45) is 0 Å². The highest BCUT2D eigenvalue weighted by Gasteiger charge is 2.16.